The summed E-state index contributed by atoms with van der Waals surface area (Å²) in [7, 11) is 1.57. The number of rotatable bonds is 7. The maximum Gasteiger partial charge on any atom is 0.329 e. The molecule has 0 aliphatic heterocycles. The second-order valence-corrected chi connectivity index (χ2v) is 6.88. The molecule has 0 saturated carbocycles. The largest absolute Gasteiger partial charge is 0.385 e. The van der Waals surface area contributed by atoms with Crippen molar-refractivity contribution in [3.05, 3.63) is 51.3 Å². The van der Waals surface area contributed by atoms with Gasteiger partial charge in [0.1, 0.15) is 0 Å². The van der Waals surface area contributed by atoms with Crippen LogP contribution in [0, 0.1) is 13.8 Å². The van der Waals surface area contributed by atoms with Crippen LogP contribution >= 0.6 is 23.2 Å². The molecule has 0 radical (unpaired) electrons. The van der Waals surface area contributed by atoms with Crippen LogP contribution in [0.2, 0.25) is 10.0 Å². The SMILES string of the molecule is COCCCNC(=O)C(=O)N/N=C\c1cc(C)n(-c2ccc(Cl)c(Cl)c2)c1C. The summed E-state index contributed by atoms with van der Waals surface area (Å²) in [4.78, 5) is 23.4. The Morgan fingerprint density at radius 1 is 1.18 bits per heavy atom. The van der Waals surface area contributed by atoms with Crippen molar-refractivity contribution in [3.63, 3.8) is 0 Å². The molecule has 0 fully saturated rings. The van der Waals surface area contributed by atoms with Gasteiger partial charge >= 0.3 is 11.8 Å². The number of nitrogens with zero attached hydrogens (tertiary/aromatic N) is 2. The second-order valence-electron chi connectivity index (χ2n) is 6.06. The first-order valence-corrected chi connectivity index (χ1v) is 9.35. The molecule has 1 heterocycles. The molecule has 2 aromatic rings. The van der Waals surface area contributed by atoms with Gasteiger partial charge in [-0.3, -0.25) is 9.59 Å². The van der Waals surface area contributed by atoms with Crippen molar-refractivity contribution in [2.45, 2.75) is 20.3 Å². The summed E-state index contributed by atoms with van der Waals surface area (Å²) >= 11 is 12.1. The van der Waals surface area contributed by atoms with Gasteiger partial charge in [-0.05, 0) is 44.5 Å². The molecule has 0 atom stereocenters. The van der Waals surface area contributed by atoms with E-state index in [4.69, 9.17) is 27.9 Å². The molecule has 2 N–H and O–H groups in total. The Morgan fingerprint density at radius 3 is 2.61 bits per heavy atom. The number of ether oxygens (including phenoxy) is 1. The molecule has 9 heteroatoms. The molecule has 0 saturated heterocycles. The minimum absolute atomic E-state index is 0.356. The van der Waals surface area contributed by atoms with Crippen molar-refractivity contribution >= 4 is 41.2 Å². The molecular weight excluding hydrogens is 403 g/mol. The Balaban J connectivity index is 2.04. The fourth-order valence-corrected chi connectivity index (χ4v) is 2.94. The van der Waals surface area contributed by atoms with Crippen molar-refractivity contribution in [2.24, 2.45) is 5.10 Å². The third-order valence-electron chi connectivity index (χ3n) is 4.02. The van der Waals surface area contributed by atoms with Crippen LogP contribution in [0.5, 0.6) is 0 Å². The number of halogens is 2. The van der Waals surface area contributed by atoms with Crippen LogP contribution < -0.4 is 10.7 Å². The van der Waals surface area contributed by atoms with Crippen LogP contribution in [0.25, 0.3) is 5.69 Å². The lowest BCUT2D eigenvalue weighted by molar-refractivity contribution is -0.139. The van der Waals surface area contributed by atoms with Crippen LogP contribution in [-0.2, 0) is 14.3 Å². The number of carbonyl (C=O) groups is 2. The average molecular weight is 425 g/mol. The van der Waals surface area contributed by atoms with Crippen LogP contribution in [0.1, 0.15) is 23.4 Å². The molecule has 0 bridgehead atoms. The monoisotopic (exact) mass is 424 g/mol. The molecule has 1 aromatic carbocycles. The zero-order chi connectivity index (χ0) is 20.7. The van der Waals surface area contributed by atoms with Crippen LogP contribution in [0.3, 0.4) is 0 Å². The number of hydrogen-bond acceptors (Lipinski definition) is 4. The van der Waals surface area contributed by atoms with E-state index >= 15 is 0 Å². The van der Waals surface area contributed by atoms with Gasteiger partial charge in [0.15, 0.2) is 0 Å². The van der Waals surface area contributed by atoms with Crippen molar-refractivity contribution in [1.29, 1.82) is 0 Å². The number of aryl methyl sites for hydroxylation is 1. The van der Waals surface area contributed by atoms with E-state index in [2.05, 4.69) is 15.8 Å². The maximum atomic E-state index is 11.7. The van der Waals surface area contributed by atoms with Gasteiger partial charge in [-0.1, -0.05) is 23.2 Å². The van der Waals surface area contributed by atoms with Crippen molar-refractivity contribution < 1.29 is 14.3 Å². The molecule has 28 heavy (non-hydrogen) atoms. The predicted octanol–water partition coefficient (Wildman–Crippen LogP) is 3.00. The highest BCUT2D eigenvalue weighted by Gasteiger charge is 2.13. The van der Waals surface area contributed by atoms with Gasteiger partial charge in [0, 0.05) is 42.9 Å². The van der Waals surface area contributed by atoms with E-state index in [1.165, 1.54) is 6.21 Å². The number of nitrogens with one attached hydrogen (secondary N) is 2. The number of carbonyl (C=O) groups excluding carboxylic acids is 2. The summed E-state index contributed by atoms with van der Waals surface area (Å²) < 4.78 is 6.87. The number of hydrogen-bond donors (Lipinski definition) is 2. The summed E-state index contributed by atoms with van der Waals surface area (Å²) in [6, 6.07) is 7.29. The molecule has 150 valence electrons. The van der Waals surface area contributed by atoms with Gasteiger partial charge in [-0.15, -0.1) is 0 Å². The first-order chi connectivity index (χ1) is 13.3. The number of amides is 2. The number of aromatic nitrogens is 1. The highest BCUT2D eigenvalue weighted by molar-refractivity contribution is 6.42. The molecule has 2 rings (SSSR count). The van der Waals surface area contributed by atoms with Crippen LogP contribution in [0.4, 0.5) is 0 Å². The predicted molar refractivity (Wildman–Crippen MR) is 111 cm³/mol. The number of hydrazone groups is 1. The lowest BCUT2D eigenvalue weighted by Gasteiger charge is -2.10. The minimum atomic E-state index is -0.827. The van der Waals surface area contributed by atoms with E-state index in [9.17, 15) is 9.59 Å². The zero-order valence-electron chi connectivity index (χ0n) is 15.9. The lowest BCUT2D eigenvalue weighted by Crippen LogP contribution is -2.38. The summed E-state index contributed by atoms with van der Waals surface area (Å²) in [5.74, 6) is -1.57. The maximum absolute atomic E-state index is 11.7. The van der Waals surface area contributed by atoms with Gasteiger partial charge in [0.05, 0.1) is 16.3 Å². The Morgan fingerprint density at radius 2 is 1.93 bits per heavy atom. The van der Waals surface area contributed by atoms with E-state index in [1.54, 1.807) is 19.2 Å². The third kappa shape index (κ3) is 5.58. The first-order valence-electron chi connectivity index (χ1n) is 8.59. The Hall–Kier alpha value is -2.35. The molecule has 0 aliphatic rings. The second kappa shape index (κ2) is 10.3. The quantitative estimate of drug-likeness (QED) is 0.310. The van der Waals surface area contributed by atoms with Crippen LogP contribution in [-0.4, -0.2) is 42.9 Å². The molecule has 0 unspecified atom stereocenters. The Kier molecular flexibility index (Phi) is 8.04. The minimum Gasteiger partial charge on any atom is -0.385 e. The van der Waals surface area contributed by atoms with Crippen molar-refractivity contribution in [2.75, 3.05) is 20.3 Å². The lowest BCUT2D eigenvalue weighted by atomic mass is 10.2. The summed E-state index contributed by atoms with van der Waals surface area (Å²) in [6.07, 6.45) is 2.12. The molecule has 0 aliphatic carbocycles. The standard InChI is InChI=1S/C19H22Cl2N4O3/c1-12-9-14(11-23-24-19(27)18(26)22-7-4-8-28-3)13(2)25(12)15-5-6-16(20)17(21)10-15/h5-6,9-11H,4,7-8H2,1-3H3,(H,22,26)(H,24,27)/b23-11-. The highest BCUT2D eigenvalue weighted by atomic mass is 35.5. The third-order valence-corrected chi connectivity index (χ3v) is 4.76. The van der Waals surface area contributed by atoms with E-state index in [0.717, 1.165) is 22.6 Å². The summed E-state index contributed by atoms with van der Waals surface area (Å²) in [5.41, 5.74) is 5.74. The molecule has 1 aromatic heterocycles. The zero-order valence-corrected chi connectivity index (χ0v) is 17.4. The van der Waals surface area contributed by atoms with Gasteiger partial charge in [-0.2, -0.15) is 5.10 Å². The normalized spacial score (nSPS) is 11.0. The molecule has 0 spiro atoms. The van der Waals surface area contributed by atoms with E-state index < -0.39 is 11.8 Å². The van der Waals surface area contributed by atoms with E-state index in [0.29, 0.717) is 29.6 Å². The fourth-order valence-electron chi connectivity index (χ4n) is 2.65. The number of benzene rings is 1. The number of methoxy groups -OCH3 is 1. The van der Waals surface area contributed by atoms with E-state index in [-0.39, 0.29) is 0 Å². The summed E-state index contributed by atoms with van der Waals surface area (Å²) in [6.45, 7) is 4.73. The van der Waals surface area contributed by atoms with Crippen LogP contribution in [0.15, 0.2) is 29.4 Å². The average Bonchev–Trinajstić information content (AvgIpc) is 2.94. The molecule has 2 amide bonds. The van der Waals surface area contributed by atoms with Crippen molar-refractivity contribution in [3.8, 4) is 5.69 Å². The first kappa shape index (κ1) is 21.9. The molecular formula is C19H22Cl2N4O3. The van der Waals surface area contributed by atoms with E-state index in [1.807, 2.05) is 30.5 Å². The van der Waals surface area contributed by atoms with Gasteiger partial charge in [0.2, 0.25) is 0 Å². The Bertz CT molecular complexity index is 894. The van der Waals surface area contributed by atoms with Gasteiger partial charge in [-0.25, -0.2) is 5.43 Å². The Labute approximate surface area is 173 Å². The van der Waals surface area contributed by atoms with Gasteiger partial charge in [0.25, 0.3) is 0 Å². The van der Waals surface area contributed by atoms with Gasteiger partial charge < -0.3 is 14.6 Å². The smallest absolute Gasteiger partial charge is 0.329 e. The topological polar surface area (TPSA) is 84.7 Å². The highest BCUT2D eigenvalue weighted by Crippen LogP contribution is 2.27. The fraction of sp³-hybridized carbons (Fsp3) is 0.316. The van der Waals surface area contributed by atoms with Crippen molar-refractivity contribution in [1.82, 2.24) is 15.3 Å². The summed E-state index contributed by atoms with van der Waals surface area (Å²) in [5, 5.41) is 7.31. The molecule has 7 nitrogen and oxygen atoms in total.